The van der Waals surface area contributed by atoms with Gasteiger partial charge in [-0.2, -0.15) is 0 Å². The van der Waals surface area contributed by atoms with Crippen LogP contribution in [0.4, 0.5) is 0 Å². The van der Waals surface area contributed by atoms with Crippen LogP contribution in [-0.2, 0) is 17.8 Å². The van der Waals surface area contributed by atoms with Crippen molar-refractivity contribution in [3.63, 3.8) is 0 Å². The zero-order valence-electron chi connectivity index (χ0n) is 10.4. The van der Waals surface area contributed by atoms with Gasteiger partial charge in [-0.25, -0.2) is 0 Å². The summed E-state index contributed by atoms with van der Waals surface area (Å²) < 4.78 is 0. The maximum Gasteiger partial charge on any atom is 0.239 e. The number of fused-ring (bicyclic) bond motifs is 3. The fraction of sp³-hybridized carbons (Fsp3) is 0.357. The molecule has 1 aromatic carbocycles. The van der Waals surface area contributed by atoms with Crippen LogP contribution < -0.4 is 5.73 Å². The number of nitrogens with two attached hydrogens (primary N) is 1. The number of amides is 1. The molecule has 18 heavy (non-hydrogen) atoms. The highest BCUT2D eigenvalue weighted by molar-refractivity contribution is 5.86. The van der Waals surface area contributed by atoms with E-state index in [0.29, 0.717) is 6.54 Å². The highest BCUT2D eigenvalue weighted by Gasteiger charge is 2.25. The second-order valence-corrected chi connectivity index (χ2v) is 4.93. The normalized spacial score (nSPS) is 16.7. The van der Waals surface area contributed by atoms with E-state index in [9.17, 15) is 4.79 Å². The van der Waals surface area contributed by atoms with E-state index in [-0.39, 0.29) is 5.91 Å². The quantitative estimate of drug-likeness (QED) is 0.795. The molecule has 0 bridgehead atoms. The Labute approximate surface area is 106 Å². The molecule has 1 unspecified atom stereocenters. The van der Waals surface area contributed by atoms with Crippen LogP contribution in [-0.4, -0.2) is 28.4 Å². The van der Waals surface area contributed by atoms with Gasteiger partial charge in [-0.15, -0.1) is 0 Å². The summed E-state index contributed by atoms with van der Waals surface area (Å²) >= 11 is 0. The minimum absolute atomic E-state index is 0.0333. The topological polar surface area (TPSA) is 62.1 Å². The number of nitrogens with zero attached hydrogens (tertiary/aromatic N) is 1. The largest absolute Gasteiger partial charge is 0.358 e. The molecule has 1 aliphatic heterocycles. The van der Waals surface area contributed by atoms with Crippen molar-refractivity contribution in [2.45, 2.75) is 25.9 Å². The van der Waals surface area contributed by atoms with Gasteiger partial charge in [0.1, 0.15) is 0 Å². The van der Waals surface area contributed by atoms with Crippen molar-refractivity contribution in [3.05, 3.63) is 35.5 Å². The number of H-pyrrole nitrogens is 1. The van der Waals surface area contributed by atoms with Gasteiger partial charge in [-0.05, 0) is 13.0 Å². The first-order valence-electron chi connectivity index (χ1n) is 6.29. The molecule has 4 nitrogen and oxygen atoms in total. The average molecular weight is 243 g/mol. The Bertz CT molecular complexity index is 600. The molecule has 3 rings (SSSR count). The SMILES string of the molecule is CC(N)C(=O)N1CCc2[nH]c3ccccc3c2C1. The van der Waals surface area contributed by atoms with Gasteiger partial charge in [-0.3, -0.25) is 4.79 Å². The molecule has 0 fully saturated rings. The van der Waals surface area contributed by atoms with Crippen LogP contribution in [0.5, 0.6) is 0 Å². The fourth-order valence-electron chi connectivity index (χ4n) is 2.64. The van der Waals surface area contributed by atoms with Gasteiger partial charge in [0.05, 0.1) is 6.04 Å². The number of hydrogen-bond acceptors (Lipinski definition) is 2. The summed E-state index contributed by atoms with van der Waals surface area (Å²) in [6.45, 7) is 3.16. The van der Waals surface area contributed by atoms with Crippen LogP contribution in [0.2, 0.25) is 0 Å². The highest BCUT2D eigenvalue weighted by Crippen LogP contribution is 2.27. The van der Waals surface area contributed by atoms with E-state index in [0.717, 1.165) is 18.5 Å². The fourth-order valence-corrected chi connectivity index (χ4v) is 2.64. The van der Waals surface area contributed by atoms with E-state index in [1.165, 1.54) is 16.6 Å². The van der Waals surface area contributed by atoms with Crippen molar-refractivity contribution in [2.75, 3.05) is 6.54 Å². The zero-order chi connectivity index (χ0) is 12.7. The molecule has 2 heterocycles. The molecule has 0 aliphatic carbocycles. The summed E-state index contributed by atoms with van der Waals surface area (Å²) in [7, 11) is 0. The lowest BCUT2D eigenvalue weighted by Gasteiger charge is -2.28. The van der Waals surface area contributed by atoms with Gasteiger partial charge in [0, 0.05) is 41.7 Å². The number of carbonyl (C=O) groups is 1. The van der Waals surface area contributed by atoms with Crippen LogP contribution in [0.3, 0.4) is 0 Å². The van der Waals surface area contributed by atoms with Gasteiger partial charge < -0.3 is 15.6 Å². The molecular weight excluding hydrogens is 226 g/mol. The molecule has 4 heteroatoms. The summed E-state index contributed by atoms with van der Waals surface area (Å²) in [6, 6.07) is 7.81. The number of benzene rings is 1. The minimum atomic E-state index is -0.420. The third-order valence-corrected chi connectivity index (χ3v) is 3.58. The first-order chi connectivity index (χ1) is 8.66. The second-order valence-electron chi connectivity index (χ2n) is 4.93. The van der Waals surface area contributed by atoms with Gasteiger partial charge in [0.15, 0.2) is 0 Å². The van der Waals surface area contributed by atoms with Gasteiger partial charge in [0.25, 0.3) is 0 Å². The predicted octanol–water partition coefficient (Wildman–Crippen LogP) is 1.40. The highest BCUT2D eigenvalue weighted by atomic mass is 16.2. The molecule has 0 saturated heterocycles. The number of para-hydroxylation sites is 1. The van der Waals surface area contributed by atoms with Crippen LogP contribution >= 0.6 is 0 Å². The Hall–Kier alpha value is -1.81. The summed E-state index contributed by atoms with van der Waals surface area (Å²) in [6.07, 6.45) is 0.877. The first kappa shape index (κ1) is 11.3. The number of carbonyl (C=O) groups excluding carboxylic acids is 1. The van der Waals surface area contributed by atoms with Crippen LogP contribution in [0.15, 0.2) is 24.3 Å². The van der Waals surface area contributed by atoms with E-state index < -0.39 is 6.04 Å². The average Bonchev–Trinajstić information content (AvgIpc) is 2.75. The van der Waals surface area contributed by atoms with Crippen molar-refractivity contribution in [3.8, 4) is 0 Å². The molecule has 1 atom stereocenters. The molecule has 2 aromatic rings. The van der Waals surface area contributed by atoms with Crippen molar-refractivity contribution in [1.82, 2.24) is 9.88 Å². The van der Waals surface area contributed by atoms with Crippen molar-refractivity contribution in [2.24, 2.45) is 5.73 Å². The van der Waals surface area contributed by atoms with Crippen LogP contribution in [0, 0.1) is 0 Å². The van der Waals surface area contributed by atoms with Crippen LogP contribution in [0.25, 0.3) is 10.9 Å². The standard InChI is InChI=1S/C14H17N3O/c1-9(15)14(18)17-7-6-13-11(8-17)10-4-2-3-5-12(10)16-13/h2-5,9,16H,6-8,15H2,1H3. The third kappa shape index (κ3) is 1.69. The van der Waals surface area contributed by atoms with Gasteiger partial charge in [-0.1, -0.05) is 18.2 Å². The molecule has 1 aliphatic rings. The van der Waals surface area contributed by atoms with E-state index in [4.69, 9.17) is 5.73 Å². The minimum Gasteiger partial charge on any atom is -0.358 e. The molecule has 94 valence electrons. The van der Waals surface area contributed by atoms with Crippen molar-refractivity contribution in [1.29, 1.82) is 0 Å². The van der Waals surface area contributed by atoms with Gasteiger partial charge >= 0.3 is 0 Å². The molecule has 1 aromatic heterocycles. The van der Waals surface area contributed by atoms with E-state index >= 15 is 0 Å². The molecule has 3 N–H and O–H groups in total. The lowest BCUT2D eigenvalue weighted by Crippen LogP contribution is -2.44. The Balaban J connectivity index is 1.99. The first-order valence-corrected chi connectivity index (χ1v) is 6.29. The molecule has 0 radical (unpaired) electrons. The summed E-state index contributed by atoms with van der Waals surface area (Å²) in [5.74, 6) is 0.0333. The maximum absolute atomic E-state index is 12.0. The molecule has 0 spiro atoms. The smallest absolute Gasteiger partial charge is 0.239 e. The molecule has 0 saturated carbocycles. The Morgan fingerprint density at radius 3 is 3.00 bits per heavy atom. The number of rotatable bonds is 1. The monoisotopic (exact) mass is 243 g/mol. The summed E-state index contributed by atoms with van der Waals surface area (Å²) in [5, 5.41) is 1.22. The zero-order valence-corrected chi connectivity index (χ0v) is 10.4. The number of aromatic amines is 1. The predicted molar refractivity (Wildman–Crippen MR) is 71.1 cm³/mol. The summed E-state index contributed by atoms with van der Waals surface area (Å²) in [4.78, 5) is 17.2. The van der Waals surface area contributed by atoms with Crippen molar-refractivity contribution >= 4 is 16.8 Å². The number of nitrogens with one attached hydrogen (secondary N) is 1. The summed E-state index contributed by atoms with van der Waals surface area (Å²) in [5.41, 5.74) is 9.32. The van der Waals surface area contributed by atoms with Crippen molar-refractivity contribution < 1.29 is 4.79 Å². The Morgan fingerprint density at radius 2 is 2.22 bits per heavy atom. The number of hydrogen-bond donors (Lipinski definition) is 2. The van der Waals surface area contributed by atoms with Gasteiger partial charge in [0.2, 0.25) is 5.91 Å². The molecular formula is C14H17N3O. The van der Waals surface area contributed by atoms with E-state index in [1.54, 1.807) is 6.92 Å². The molecule has 1 amide bonds. The Kier molecular flexibility index (Phi) is 2.59. The third-order valence-electron chi connectivity index (χ3n) is 3.58. The Morgan fingerprint density at radius 1 is 1.44 bits per heavy atom. The van der Waals surface area contributed by atoms with E-state index in [2.05, 4.69) is 17.1 Å². The van der Waals surface area contributed by atoms with Crippen LogP contribution in [0.1, 0.15) is 18.2 Å². The maximum atomic E-state index is 12.0. The second kappa shape index (κ2) is 4.14. The number of aromatic nitrogens is 1. The lowest BCUT2D eigenvalue weighted by atomic mass is 10.0. The lowest BCUT2D eigenvalue weighted by molar-refractivity contribution is -0.133. The van der Waals surface area contributed by atoms with E-state index in [1.807, 2.05) is 17.0 Å².